The summed E-state index contributed by atoms with van der Waals surface area (Å²) >= 11 is 0.887. The Hall–Kier alpha value is -2.93. The predicted molar refractivity (Wildman–Crippen MR) is 118 cm³/mol. The SMILES string of the molecule is CCOc1cc(/C=C2\SC(=O)NC2=O)ccc1OCCCOc1ccc(CC)cc1. The number of carbonyl (C=O) groups is 2. The molecule has 158 valence electrons. The summed E-state index contributed by atoms with van der Waals surface area (Å²) in [5.74, 6) is 1.70. The maximum atomic E-state index is 11.7. The summed E-state index contributed by atoms with van der Waals surface area (Å²) in [5.41, 5.74) is 2.05. The van der Waals surface area contributed by atoms with Gasteiger partial charge in [0, 0.05) is 6.42 Å². The van der Waals surface area contributed by atoms with Crippen molar-refractivity contribution in [3.8, 4) is 17.2 Å². The Morgan fingerprint density at radius 3 is 2.37 bits per heavy atom. The molecule has 1 fully saturated rings. The molecule has 1 heterocycles. The molecule has 30 heavy (non-hydrogen) atoms. The van der Waals surface area contributed by atoms with Crippen LogP contribution >= 0.6 is 11.8 Å². The summed E-state index contributed by atoms with van der Waals surface area (Å²) in [6.45, 7) is 5.55. The summed E-state index contributed by atoms with van der Waals surface area (Å²) in [6.07, 6.45) is 3.40. The summed E-state index contributed by atoms with van der Waals surface area (Å²) in [5, 5.41) is 1.88. The summed E-state index contributed by atoms with van der Waals surface area (Å²) in [7, 11) is 0. The topological polar surface area (TPSA) is 73.9 Å². The molecule has 3 rings (SSSR count). The van der Waals surface area contributed by atoms with Gasteiger partial charge in [0.1, 0.15) is 5.75 Å². The zero-order chi connectivity index (χ0) is 21.3. The number of amides is 2. The van der Waals surface area contributed by atoms with Gasteiger partial charge in [-0.25, -0.2) is 0 Å². The Kier molecular flexibility index (Phi) is 7.79. The van der Waals surface area contributed by atoms with E-state index < -0.39 is 0 Å². The average Bonchev–Trinajstić information content (AvgIpc) is 3.06. The minimum atomic E-state index is -0.382. The Morgan fingerprint density at radius 1 is 0.933 bits per heavy atom. The highest BCUT2D eigenvalue weighted by molar-refractivity contribution is 8.18. The molecule has 1 N–H and O–H groups in total. The van der Waals surface area contributed by atoms with Crippen molar-refractivity contribution in [3.63, 3.8) is 0 Å². The molecule has 1 aliphatic rings. The lowest BCUT2D eigenvalue weighted by molar-refractivity contribution is -0.115. The lowest BCUT2D eigenvalue weighted by atomic mass is 10.2. The van der Waals surface area contributed by atoms with E-state index in [0.717, 1.165) is 35.9 Å². The van der Waals surface area contributed by atoms with E-state index in [4.69, 9.17) is 14.2 Å². The lowest BCUT2D eigenvalue weighted by Gasteiger charge is -2.13. The molecule has 6 nitrogen and oxygen atoms in total. The Bertz CT molecular complexity index is 924. The molecule has 1 aliphatic heterocycles. The smallest absolute Gasteiger partial charge is 0.290 e. The molecule has 0 atom stereocenters. The molecule has 0 aliphatic carbocycles. The summed E-state index contributed by atoms with van der Waals surface area (Å²) < 4.78 is 17.3. The number of hydrogen-bond donors (Lipinski definition) is 1. The third-order valence-corrected chi connectivity index (χ3v) is 5.16. The zero-order valence-corrected chi connectivity index (χ0v) is 17.9. The first-order valence-corrected chi connectivity index (χ1v) is 10.8. The second-order valence-corrected chi connectivity index (χ2v) is 7.55. The van der Waals surface area contributed by atoms with Crippen LogP contribution < -0.4 is 19.5 Å². The molecule has 2 amide bonds. The van der Waals surface area contributed by atoms with Crippen molar-refractivity contribution in [2.24, 2.45) is 0 Å². The molecule has 0 bridgehead atoms. The van der Waals surface area contributed by atoms with Crippen molar-refractivity contribution in [1.29, 1.82) is 0 Å². The largest absolute Gasteiger partial charge is 0.493 e. The fraction of sp³-hybridized carbons (Fsp3) is 0.304. The first-order valence-electron chi connectivity index (χ1n) is 9.95. The molecule has 0 spiro atoms. The van der Waals surface area contributed by atoms with Crippen molar-refractivity contribution in [3.05, 3.63) is 58.5 Å². The summed E-state index contributed by atoms with van der Waals surface area (Å²) in [6, 6.07) is 13.5. The number of aryl methyl sites for hydroxylation is 1. The minimum absolute atomic E-state index is 0.361. The fourth-order valence-electron chi connectivity index (χ4n) is 2.83. The summed E-state index contributed by atoms with van der Waals surface area (Å²) in [4.78, 5) is 23.4. The molecular formula is C23H25NO5S. The van der Waals surface area contributed by atoms with Crippen molar-refractivity contribution < 1.29 is 23.8 Å². The van der Waals surface area contributed by atoms with Gasteiger partial charge in [0.15, 0.2) is 11.5 Å². The highest BCUT2D eigenvalue weighted by Gasteiger charge is 2.25. The first-order chi connectivity index (χ1) is 14.6. The average molecular weight is 428 g/mol. The van der Waals surface area contributed by atoms with E-state index in [1.807, 2.05) is 25.1 Å². The second kappa shape index (κ2) is 10.7. The van der Waals surface area contributed by atoms with Gasteiger partial charge < -0.3 is 14.2 Å². The van der Waals surface area contributed by atoms with Gasteiger partial charge in [-0.05, 0) is 66.6 Å². The first kappa shape index (κ1) is 21.8. The van der Waals surface area contributed by atoms with Crippen molar-refractivity contribution in [1.82, 2.24) is 5.32 Å². The van der Waals surface area contributed by atoms with Crippen LogP contribution in [0.3, 0.4) is 0 Å². The van der Waals surface area contributed by atoms with Crippen LogP contribution in [0, 0.1) is 0 Å². The van der Waals surface area contributed by atoms with Crippen LogP contribution in [0.1, 0.15) is 31.4 Å². The van der Waals surface area contributed by atoms with Crippen LogP contribution in [-0.2, 0) is 11.2 Å². The number of rotatable bonds is 10. The van der Waals surface area contributed by atoms with E-state index in [-0.39, 0.29) is 11.1 Å². The van der Waals surface area contributed by atoms with Gasteiger partial charge in [0.25, 0.3) is 11.1 Å². The standard InChI is InChI=1S/C23H25NO5S/c1-3-16-6-9-18(10-7-16)28-12-5-13-29-19-11-8-17(14-20(19)27-4-2)15-21-22(25)24-23(26)30-21/h6-11,14-15H,3-5,12-13H2,1-2H3,(H,24,25,26)/b21-15-. The maximum absolute atomic E-state index is 11.7. The number of ether oxygens (including phenoxy) is 3. The monoisotopic (exact) mass is 427 g/mol. The quantitative estimate of drug-likeness (QED) is 0.433. The zero-order valence-electron chi connectivity index (χ0n) is 17.1. The van der Waals surface area contributed by atoms with E-state index in [9.17, 15) is 9.59 Å². The van der Waals surface area contributed by atoms with Gasteiger partial charge in [-0.1, -0.05) is 25.1 Å². The lowest BCUT2D eigenvalue weighted by Crippen LogP contribution is -2.17. The van der Waals surface area contributed by atoms with Crippen LogP contribution in [0.4, 0.5) is 4.79 Å². The van der Waals surface area contributed by atoms with Gasteiger partial charge in [0.2, 0.25) is 0 Å². The normalized spacial score (nSPS) is 14.7. The molecule has 1 saturated heterocycles. The maximum Gasteiger partial charge on any atom is 0.290 e. The molecule has 0 radical (unpaired) electrons. The van der Waals surface area contributed by atoms with Gasteiger partial charge >= 0.3 is 0 Å². The number of nitrogens with one attached hydrogen (secondary N) is 1. The van der Waals surface area contributed by atoms with Crippen molar-refractivity contribution >= 4 is 29.0 Å². The molecule has 2 aromatic rings. The van der Waals surface area contributed by atoms with E-state index in [0.29, 0.717) is 36.2 Å². The Labute approximate surface area is 180 Å². The van der Waals surface area contributed by atoms with E-state index in [1.165, 1.54) is 5.56 Å². The van der Waals surface area contributed by atoms with Crippen LogP contribution in [0.15, 0.2) is 47.4 Å². The number of carbonyl (C=O) groups excluding carboxylic acids is 2. The Balaban J connectivity index is 1.54. The van der Waals surface area contributed by atoms with Gasteiger partial charge in [-0.15, -0.1) is 0 Å². The molecule has 0 aromatic heterocycles. The number of imide groups is 1. The third-order valence-electron chi connectivity index (χ3n) is 4.35. The van der Waals surface area contributed by atoms with E-state index in [1.54, 1.807) is 18.2 Å². The Morgan fingerprint density at radius 2 is 1.70 bits per heavy atom. The predicted octanol–water partition coefficient (Wildman–Crippen LogP) is 4.82. The number of thioether (sulfide) groups is 1. The van der Waals surface area contributed by atoms with Crippen LogP contribution in [0.2, 0.25) is 0 Å². The molecule has 7 heteroatoms. The molecule has 0 saturated carbocycles. The highest BCUT2D eigenvalue weighted by atomic mass is 32.2. The van der Waals surface area contributed by atoms with Crippen molar-refractivity contribution in [2.45, 2.75) is 26.7 Å². The van der Waals surface area contributed by atoms with Crippen LogP contribution in [0.5, 0.6) is 17.2 Å². The number of hydrogen-bond acceptors (Lipinski definition) is 6. The highest BCUT2D eigenvalue weighted by Crippen LogP contribution is 2.32. The minimum Gasteiger partial charge on any atom is -0.493 e. The number of benzene rings is 2. The van der Waals surface area contributed by atoms with Gasteiger partial charge in [-0.3, -0.25) is 14.9 Å². The van der Waals surface area contributed by atoms with E-state index in [2.05, 4.69) is 24.4 Å². The molecule has 2 aromatic carbocycles. The molecule has 0 unspecified atom stereocenters. The second-order valence-electron chi connectivity index (χ2n) is 6.54. The van der Waals surface area contributed by atoms with Gasteiger partial charge in [-0.2, -0.15) is 0 Å². The van der Waals surface area contributed by atoms with Gasteiger partial charge in [0.05, 0.1) is 24.7 Å². The van der Waals surface area contributed by atoms with Crippen LogP contribution in [0.25, 0.3) is 6.08 Å². The fourth-order valence-corrected chi connectivity index (χ4v) is 3.51. The van der Waals surface area contributed by atoms with E-state index >= 15 is 0 Å². The van der Waals surface area contributed by atoms with Crippen molar-refractivity contribution in [2.75, 3.05) is 19.8 Å². The third kappa shape index (κ3) is 6.03. The molecular weight excluding hydrogens is 402 g/mol. The van der Waals surface area contributed by atoms with Crippen LogP contribution in [-0.4, -0.2) is 31.0 Å².